The molecule has 4 fully saturated rings. The van der Waals surface area contributed by atoms with Crippen molar-refractivity contribution in [2.45, 2.75) is 92.4 Å². The van der Waals surface area contributed by atoms with E-state index < -0.39 is 47.6 Å². The monoisotopic (exact) mass is 767 g/mol. The standard InChI is InChI=1S/C36H42ClN7O8S/c1-6-20-14-36(20,33(47)48)41-31(45)24-12-22(15-44(24)32(46)29(17(2)3)40-35(49)52-21-10-18-9-19(18)11-21)51-26-13-27(53-34-42-38-16-43(34)4)39-30-23(26)7-8-25(50-5)28(30)37/h7-8,13,16,18-22,24,29H,2,6,9-12,14-15H2,1,3-5H3,(H,40,49)(H,41,45)(H,47,48)/t18-,19+,20-,21+,22-,24+,29+,36-/m1/s1. The summed E-state index contributed by atoms with van der Waals surface area (Å²) in [6.45, 7) is 7.38. The summed E-state index contributed by atoms with van der Waals surface area (Å²) in [7, 11) is 3.30. The molecule has 3 N–H and O–H groups in total. The molecule has 2 aromatic heterocycles. The van der Waals surface area contributed by atoms with E-state index in [1.165, 1.54) is 23.8 Å². The van der Waals surface area contributed by atoms with E-state index in [9.17, 15) is 24.3 Å². The molecular weight excluding hydrogens is 726 g/mol. The summed E-state index contributed by atoms with van der Waals surface area (Å²) in [4.78, 5) is 59.8. The molecule has 0 unspecified atom stereocenters. The van der Waals surface area contributed by atoms with Gasteiger partial charge in [0.05, 0.1) is 19.2 Å². The zero-order valence-electron chi connectivity index (χ0n) is 29.8. The van der Waals surface area contributed by atoms with Crippen LogP contribution in [0.3, 0.4) is 0 Å². The lowest BCUT2D eigenvalue weighted by atomic mass is 10.1. The van der Waals surface area contributed by atoms with Gasteiger partial charge in [0.2, 0.25) is 11.8 Å². The number of carbonyl (C=O) groups excluding carboxylic acids is 3. The average Bonchev–Trinajstić information content (AvgIpc) is 3.83. The number of ether oxygens (including phenoxy) is 3. The molecule has 1 aromatic carbocycles. The quantitative estimate of drug-likeness (QED) is 0.209. The highest BCUT2D eigenvalue weighted by atomic mass is 35.5. The Bertz CT molecular complexity index is 1980. The van der Waals surface area contributed by atoms with Crippen LogP contribution in [0.1, 0.15) is 52.4 Å². The van der Waals surface area contributed by atoms with Crippen molar-refractivity contribution in [1.82, 2.24) is 35.3 Å². The van der Waals surface area contributed by atoms with Gasteiger partial charge in [-0.2, -0.15) is 0 Å². The minimum Gasteiger partial charge on any atom is -0.495 e. The fraction of sp³-hybridized carbons (Fsp3) is 0.528. The molecule has 7 rings (SSSR count). The van der Waals surface area contributed by atoms with Crippen molar-refractivity contribution in [1.29, 1.82) is 0 Å². The summed E-state index contributed by atoms with van der Waals surface area (Å²) < 4.78 is 19.4. The Morgan fingerprint density at radius 3 is 2.53 bits per heavy atom. The van der Waals surface area contributed by atoms with Gasteiger partial charge < -0.3 is 39.4 Å². The Hall–Kier alpha value is -4.57. The number of carbonyl (C=O) groups is 4. The maximum atomic E-state index is 14.3. The number of likely N-dealkylation sites (tertiary alicyclic amines) is 1. The molecule has 3 saturated carbocycles. The van der Waals surface area contributed by atoms with Crippen molar-refractivity contribution >= 4 is 58.1 Å². The van der Waals surface area contributed by atoms with E-state index >= 15 is 0 Å². The van der Waals surface area contributed by atoms with E-state index in [-0.39, 0.29) is 36.4 Å². The van der Waals surface area contributed by atoms with Crippen molar-refractivity contribution in [2.24, 2.45) is 24.8 Å². The van der Waals surface area contributed by atoms with Gasteiger partial charge in [-0.15, -0.1) is 10.2 Å². The Kier molecular flexibility index (Phi) is 9.95. The molecule has 17 heteroatoms. The molecule has 1 aliphatic heterocycles. The highest BCUT2D eigenvalue weighted by Gasteiger charge is 2.61. The number of benzene rings is 1. The molecule has 0 spiro atoms. The van der Waals surface area contributed by atoms with Gasteiger partial charge in [-0.25, -0.2) is 14.6 Å². The fourth-order valence-corrected chi connectivity index (χ4v) is 8.77. The van der Waals surface area contributed by atoms with Gasteiger partial charge >= 0.3 is 12.1 Å². The maximum absolute atomic E-state index is 14.3. The Morgan fingerprint density at radius 2 is 1.91 bits per heavy atom. The lowest BCUT2D eigenvalue weighted by Gasteiger charge is -2.29. The highest BCUT2D eigenvalue weighted by Crippen LogP contribution is 2.52. The fourth-order valence-electron chi connectivity index (χ4n) is 7.72. The van der Waals surface area contributed by atoms with Crippen LogP contribution in [0.4, 0.5) is 4.79 Å². The third-order valence-electron chi connectivity index (χ3n) is 10.9. The van der Waals surface area contributed by atoms with Gasteiger partial charge in [-0.1, -0.05) is 31.5 Å². The molecule has 3 aromatic rings. The van der Waals surface area contributed by atoms with Crippen molar-refractivity contribution in [3.05, 3.63) is 41.7 Å². The first-order valence-corrected chi connectivity index (χ1v) is 18.8. The summed E-state index contributed by atoms with van der Waals surface area (Å²) in [5.74, 6) is -0.599. The highest BCUT2D eigenvalue weighted by molar-refractivity contribution is 7.99. The van der Waals surface area contributed by atoms with Crippen molar-refractivity contribution < 1.29 is 38.5 Å². The van der Waals surface area contributed by atoms with Crippen LogP contribution in [0.2, 0.25) is 5.02 Å². The molecule has 4 aliphatic rings. The number of rotatable bonds is 13. The number of carboxylic acid groups (broad SMARTS) is 1. The molecule has 53 heavy (non-hydrogen) atoms. The van der Waals surface area contributed by atoms with Gasteiger partial charge in [-0.05, 0) is 79.8 Å². The van der Waals surface area contributed by atoms with E-state index in [0.717, 1.165) is 19.3 Å². The number of alkyl carbamates (subject to hydrolysis) is 1. The number of hydrogen-bond donors (Lipinski definition) is 3. The van der Waals surface area contributed by atoms with E-state index in [4.69, 9.17) is 30.8 Å². The molecule has 282 valence electrons. The van der Waals surface area contributed by atoms with Crippen LogP contribution >= 0.6 is 23.4 Å². The average molecular weight is 768 g/mol. The number of halogens is 1. The van der Waals surface area contributed by atoms with Crippen molar-refractivity contribution in [3.63, 3.8) is 0 Å². The molecule has 15 nitrogen and oxygen atoms in total. The third kappa shape index (κ3) is 7.22. The first-order valence-electron chi connectivity index (χ1n) is 17.7. The summed E-state index contributed by atoms with van der Waals surface area (Å²) in [5, 5.41) is 25.5. The van der Waals surface area contributed by atoms with Crippen LogP contribution in [0.5, 0.6) is 11.5 Å². The minimum atomic E-state index is -1.42. The van der Waals surface area contributed by atoms with Crippen molar-refractivity contribution in [3.8, 4) is 11.5 Å². The number of aliphatic carboxylic acids is 1. The van der Waals surface area contributed by atoms with Crippen LogP contribution in [0.15, 0.2) is 46.9 Å². The van der Waals surface area contributed by atoms with Crippen LogP contribution in [-0.2, 0) is 26.2 Å². The Labute approximate surface area is 315 Å². The number of methoxy groups -OCH3 is 1. The number of aromatic nitrogens is 4. The van der Waals surface area contributed by atoms with Gasteiger partial charge in [0.25, 0.3) is 0 Å². The zero-order valence-corrected chi connectivity index (χ0v) is 31.4. The van der Waals surface area contributed by atoms with Crippen LogP contribution in [0, 0.1) is 17.8 Å². The van der Waals surface area contributed by atoms with Crippen LogP contribution in [-0.4, -0.2) is 97.1 Å². The van der Waals surface area contributed by atoms with Gasteiger partial charge in [0.1, 0.15) is 57.7 Å². The lowest BCUT2D eigenvalue weighted by Crippen LogP contribution is -2.56. The second kappa shape index (κ2) is 14.3. The third-order valence-corrected chi connectivity index (χ3v) is 12.2. The topological polar surface area (TPSA) is 187 Å². The predicted octanol–water partition coefficient (Wildman–Crippen LogP) is 4.36. The van der Waals surface area contributed by atoms with Gasteiger partial charge in [0.15, 0.2) is 5.16 Å². The largest absolute Gasteiger partial charge is 0.495 e. The molecule has 3 heterocycles. The Balaban J connectivity index is 1.17. The summed E-state index contributed by atoms with van der Waals surface area (Å²) in [6.07, 6.45) is 3.54. The smallest absolute Gasteiger partial charge is 0.408 e. The second-order valence-corrected chi connectivity index (χ2v) is 15.9. The normalized spacial score (nSPS) is 27.5. The predicted molar refractivity (Wildman–Crippen MR) is 193 cm³/mol. The SMILES string of the molecule is C=C(C)[C@H](NC(=O)O[C@@H]1C[C@@H]2C[C@@H]2C1)C(=O)N1C[C@H](Oc2cc(Sc3nncn3C)nc3c(Cl)c(OC)ccc23)C[C@H]1C(=O)N[C@]1(C(=O)O)C[C@H]1CC. The zero-order chi connectivity index (χ0) is 37.8. The molecule has 0 bridgehead atoms. The lowest BCUT2D eigenvalue weighted by molar-refractivity contribution is -0.145. The van der Waals surface area contributed by atoms with E-state index in [1.807, 2.05) is 6.92 Å². The van der Waals surface area contributed by atoms with E-state index in [0.29, 0.717) is 56.4 Å². The maximum Gasteiger partial charge on any atom is 0.408 e. The number of nitrogens with one attached hydrogen (secondary N) is 2. The number of aryl methyl sites for hydroxylation is 1. The molecule has 0 radical (unpaired) electrons. The summed E-state index contributed by atoms with van der Waals surface area (Å²) in [6, 6.07) is 2.86. The van der Waals surface area contributed by atoms with Crippen molar-refractivity contribution in [2.75, 3.05) is 13.7 Å². The Morgan fingerprint density at radius 1 is 1.15 bits per heavy atom. The second-order valence-electron chi connectivity index (χ2n) is 14.5. The summed E-state index contributed by atoms with van der Waals surface area (Å²) in [5.41, 5.74) is -0.671. The number of amides is 3. The van der Waals surface area contributed by atoms with Crippen LogP contribution in [0.25, 0.3) is 10.9 Å². The number of hydrogen-bond acceptors (Lipinski definition) is 11. The molecule has 3 aliphatic carbocycles. The molecular formula is C36H42ClN7O8S. The minimum absolute atomic E-state index is 0.0295. The van der Waals surface area contributed by atoms with Gasteiger partial charge in [0, 0.05) is 24.9 Å². The van der Waals surface area contributed by atoms with E-state index in [2.05, 4.69) is 27.4 Å². The first-order chi connectivity index (χ1) is 25.3. The van der Waals surface area contributed by atoms with E-state index in [1.54, 1.807) is 43.1 Å². The molecule has 1 saturated heterocycles. The number of carboxylic acids is 1. The van der Waals surface area contributed by atoms with Crippen LogP contribution < -0.4 is 20.1 Å². The van der Waals surface area contributed by atoms with Gasteiger partial charge in [-0.3, -0.25) is 9.59 Å². The first kappa shape index (κ1) is 36.8. The number of nitrogens with zero attached hydrogens (tertiary/aromatic N) is 5. The molecule has 8 atom stereocenters. The molecule has 3 amide bonds. The number of fused-ring (bicyclic) bond motifs is 2. The summed E-state index contributed by atoms with van der Waals surface area (Å²) >= 11 is 7.98. The number of pyridine rings is 1.